The summed E-state index contributed by atoms with van der Waals surface area (Å²) < 4.78 is 14.2. The van der Waals surface area contributed by atoms with Crippen LogP contribution in [-0.4, -0.2) is 30.9 Å². The van der Waals surface area contributed by atoms with E-state index in [1.165, 1.54) is 0 Å². The van der Waals surface area contributed by atoms with Crippen LogP contribution in [0.2, 0.25) is 0 Å². The van der Waals surface area contributed by atoms with Crippen molar-refractivity contribution < 1.29 is 23.8 Å². The van der Waals surface area contributed by atoms with Crippen molar-refractivity contribution in [2.75, 3.05) is 13.2 Å². The third kappa shape index (κ3) is 6.86. The molecule has 0 atom stereocenters. The van der Waals surface area contributed by atoms with Crippen LogP contribution in [0.4, 0.5) is 4.79 Å². The largest absolute Gasteiger partial charge is 0.508 e. The Morgan fingerprint density at radius 3 is 2.19 bits per heavy atom. The molecule has 0 rings (SSSR count). The van der Waals surface area contributed by atoms with Crippen molar-refractivity contribution in [3.05, 3.63) is 12.2 Å². The van der Waals surface area contributed by atoms with Gasteiger partial charge < -0.3 is 14.2 Å². The topological polar surface area (TPSA) is 61.8 Å². The van der Waals surface area contributed by atoms with Gasteiger partial charge in [-0.15, -0.1) is 0 Å². The Bertz CT molecular complexity index is 275. The highest BCUT2D eigenvalue weighted by Gasteiger charge is 2.19. The first kappa shape index (κ1) is 14.5. The smallest absolute Gasteiger partial charge is 0.457 e. The lowest BCUT2D eigenvalue weighted by Gasteiger charge is -2.20. The van der Waals surface area contributed by atoms with Crippen molar-refractivity contribution in [3.8, 4) is 0 Å². The number of carbonyl (C=O) groups excluding carboxylic acids is 2. The fraction of sp³-hybridized carbons (Fsp3) is 0.636. The molecule has 16 heavy (non-hydrogen) atoms. The quantitative estimate of drug-likeness (QED) is 0.546. The van der Waals surface area contributed by atoms with Crippen LogP contribution < -0.4 is 0 Å². The Kier molecular flexibility index (Phi) is 5.56. The zero-order chi connectivity index (χ0) is 12.8. The molecule has 5 nitrogen and oxygen atoms in total. The van der Waals surface area contributed by atoms with Gasteiger partial charge in [0.25, 0.3) is 0 Å². The molecule has 92 valence electrons. The average Bonchev–Trinajstić information content (AvgIpc) is 2.11. The maximum Gasteiger partial charge on any atom is 0.508 e. The molecule has 0 fully saturated rings. The minimum absolute atomic E-state index is 0.0722. The summed E-state index contributed by atoms with van der Waals surface area (Å²) >= 11 is 0. The predicted octanol–water partition coefficient (Wildman–Crippen LogP) is 2.06. The van der Waals surface area contributed by atoms with E-state index in [0.717, 1.165) is 0 Å². The monoisotopic (exact) mass is 230 g/mol. The third-order valence-corrected chi connectivity index (χ3v) is 1.31. The van der Waals surface area contributed by atoms with Gasteiger partial charge in [-0.2, -0.15) is 0 Å². The van der Waals surface area contributed by atoms with Crippen molar-refractivity contribution in [3.63, 3.8) is 0 Å². The van der Waals surface area contributed by atoms with Gasteiger partial charge in [0.15, 0.2) is 0 Å². The number of carbonyl (C=O) groups is 2. The van der Waals surface area contributed by atoms with E-state index in [1.807, 2.05) is 0 Å². The first-order valence-electron chi connectivity index (χ1n) is 4.97. The summed E-state index contributed by atoms with van der Waals surface area (Å²) in [6.07, 6.45) is -0.827. The molecular weight excluding hydrogens is 212 g/mol. The van der Waals surface area contributed by atoms with E-state index in [4.69, 9.17) is 4.74 Å². The molecule has 0 N–H and O–H groups in total. The fourth-order valence-corrected chi connectivity index (χ4v) is 0.715. The van der Waals surface area contributed by atoms with E-state index in [2.05, 4.69) is 16.1 Å². The van der Waals surface area contributed by atoms with E-state index in [9.17, 15) is 9.59 Å². The highest BCUT2D eigenvalue weighted by Crippen LogP contribution is 2.10. The van der Waals surface area contributed by atoms with Gasteiger partial charge in [0.1, 0.15) is 12.2 Å². The Balaban J connectivity index is 3.98. The Morgan fingerprint density at radius 2 is 1.75 bits per heavy atom. The molecule has 5 heteroatoms. The second kappa shape index (κ2) is 6.15. The summed E-state index contributed by atoms with van der Waals surface area (Å²) in [6, 6.07) is 0. The summed E-state index contributed by atoms with van der Waals surface area (Å²) in [5.41, 5.74) is -0.521. The van der Waals surface area contributed by atoms with Crippen LogP contribution >= 0.6 is 0 Å². The SMILES string of the molecule is C=C(COC(=O)OCC)C(=O)OC(C)(C)C. The van der Waals surface area contributed by atoms with Crippen LogP contribution in [-0.2, 0) is 19.0 Å². The molecule has 0 aliphatic rings. The van der Waals surface area contributed by atoms with E-state index in [1.54, 1.807) is 27.7 Å². The van der Waals surface area contributed by atoms with Crippen LogP contribution in [0.5, 0.6) is 0 Å². The van der Waals surface area contributed by atoms with Gasteiger partial charge in [-0.3, -0.25) is 0 Å². The van der Waals surface area contributed by atoms with Crippen molar-refractivity contribution in [1.82, 2.24) is 0 Å². The number of esters is 1. The van der Waals surface area contributed by atoms with Crippen molar-refractivity contribution in [2.24, 2.45) is 0 Å². The summed E-state index contributed by atoms with van der Waals surface area (Å²) in [7, 11) is 0. The highest BCUT2D eigenvalue weighted by molar-refractivity contribution is 5.88. The Labute approximate surface area is 95.4 Å². The first-order chi connectivity index (χ1) is 7.26. The maximum absolute atomic E-state index is 11.4. The van der Waals surface area contributed by atoms with Crippen molar-refractivity contribution in [1.29, 1.82) is 0 Å². The second-order valence-corrected chi connectivity index (χ2v) is 4.08. The van der Waals surface area contributed by atoms with E-state index in [-0.39, 0.29) is 18.8 Å². The molecule has 0 spiro atoms. The molecule has 0 aromatic heterocycles. The van der Waals surface area contributed by atoms with Crippen LogP contribution in [0.3, 0.4) is 0 Å². The molecule has 0 radical (unpaired) electrons. The maximum atomic E-state index is 11.4. The number of rotatable bonds is 4. The normalized spacial score (nSPS) is 10.5. The van der Waals surface area contributed by atoms with Gasteiger partial charge in [-0.1, -0.05) is 6.58 Å². The number of ether oxygens (including phenoxy) is 3. The number of hydrogen-bond acceptors (Lipinski definition) is 5. The zero-order valence-corrected chi connectivity index (χ0v) is 10.2. The lowest BCUT2D eigenvalue weighted by atomic mass is 10.2. The summed E-state index contributed by atoms with van der Waals surface area (Å²) in [6.45, 7) is 10.3. The summed E-state index contributed by atoms with van der Waals surface area (Å²) in [5.74, 6) is -0.586. The lowest BCUT2D eigenvalue weighted by molar-refractivity contribution is -0.150. The average molecular weight is 230 g/mol. The predicted molar refractivity (Wildman–Crippen MR) is 58.0 cm³/mol. The van der Waals surface area contributed by atoms with E-state index < -0.39 is 17.7 Å². The van der Waals surface area contributed by atoms with Crippen molar-refractivity contribution >= 4 is 12.1 Å². The van der Waals surface area contributed by atoms with E-state index >= 15 is 0 Å². The van der Waals surface area contributed by atoms with Gasteiger partial charge >= 0.3 is 12.1 Å². The van der Waals surface area contributed by atoms with Crippen LogP contribution in [0.15, 0.2) is 12.2 Å². The minimum atomic E-state index is -0.827. The third-order valence-electron chi connectivity index (χ3n) is 1.31. The molecule has 0 aromatic rings. The van der Waals surface area contributed by atoms with Gasteiger partial charge in [0.05, 0.1) is 12.2 Å². The molecule has 0 unspecified atom stereocenters. The molecular formula is C11H18O5. The van der Waals surface area contributed by atoms with Gasteiger partial charge in [0, 0.05) is 0 Å². The second-order valence-electron chi connectivity index (χ2n) is 4.08. The molecule has 0 saturated carbocycles. The van der Waals surface area contributed by atoms with Crippen LogP contribution in [0.1, 0.15) is 27.7 Å². The van der Waals surface area contributed by atoms with Crippen LogP contribution in [0, 0.1) is 0 Å². The standard InChI is InChI=1S/C11H18O5/c1-6-14-10(13)15-7-8(2)9(12)16-11(3,4)5/h2,6-7H2,1,3-5H3. The Morgan fingerprint density at radius 1 is 1.19 bits per heavy atom. The summed E-state index contributed by atoms with van der Waals surface area (Å²) in [5, 5.41) is 0. The fourth-order valence-electron chi connectivity index (χ4n) is 0.715. The van der Waals surface area contributed by atoms with Gasteiger partial charge in [-0.25, -0.2) is 9.59 Å². The van der Waals surface area contributed by atoms with Crippen molar-refractivity contribution in [2.45, 2.75) is 33.3 Å². The summed E-state index contributed by atoms with van der Waals surface area (Å²) in [4.78, 5) is 22.2. The van der Waals surface area contributed by atoms with Gasteiger partial charge in [0.2, 0.25) is 0 Å². The molecule has 0 aliphatic heterocycles. The molecule has 0 aliphatic carbocycles. The molecule has 0 amide bonds. The highest BCUT2D eigenvalue weighted by atomic mass is 16.7. The lowest BCUT2D eigenvalue weighted by Crippen LogP contribution is -2.26. The van der Waals surface area contributed by atoms with Gasteiger partial charge in [-0.05, 0) is 27.7 Å². The molecule has 0 aromatic carbocycles. The van der Waals surface area contributed by atoms with E-state index in [0.29, 0.717) is 0 Å². The molecule has 0 bridgehead atoms. The number of hydrogen-bond donors (Lipinski definition) is 0. The first-order valence-corrected chi connectivity index (χ1v) is 4.97. The molecule has 0 saturated heterocycles. The zero-order valence-electron chi connectivity index (χ0n) is 10.2. The Hall–Kier alpha value is -1.52. The minimum Gasteiger partial charge on any atom is -0.457 e. The molecule has 0 heterocycles. The van der Waals surface area contributed by atoms with Crippen LogP contribution in [0.25, 0.3) is 0 Å².